The van der Waals surface area contributed by atoms with E-state index >= 15 is 0 Å². The van der Waals surface area contributed by atoms with Crippen LogP contribution in [-0.4, -0.2) is 31.8 Å². The number of methoxy groups -OCH3 is 1. The fraction of sp³-hybridized carbons (Fsp3) is 0.391. The number of carbonyl (C=O) groups is 2. The Morgan fingerprint density at radius 1 is 1.07 bits per heavy atom. The molecule has 0 unspecified atom stereocenters. The zero-order valence-electron chi connectivity index (χ0n) is 17.7. The van der Waals surface area contributed by atoms with Gasteiger partial charge >= 0.3 is 5.97 Å². The normalized spacial score (nSPS) is 11.8. The zero-order chi connectivity index (χ0) is 21.4. The molecule has 5 nitrogen and oxygen atoms in total. The molecule has 0 aliphatic carbocycles. The fourth-order valence-corrected chi connectivity index (χ4v) is 3.39. The summed E-state index contributed by atoms with van der Waals surface area (Å²) in [5.74, 6) is 0.0903. The molecule has 2 aromatic carbocycles. The van der Waals surface area contributed by atoms with Crippen LogP contribution >= 0.6 is 11.8 Å². The maximum absolute atomic E-state index is 12.3. The minimum Gasteiger partial charge on any atom is -0.496 e. The van der Waals surface area contributed by atoms with Gasteiger partial charge in [-0.05, 0) is 54.8 Å². The number of hydrogen-bond donors (Lipinski definition) is 1. The number of ether oxygens (including phenoxy) is 2. The van der Waals surface area contributed by atoms with Gasteiger partial charge in [0.15, 0.2) is 6.61 Å². The molecule has 2 rings (SSSR count). The van der Waals surface area contributed by atoms with Gasteiger partial charge in [-0.25, -0.2) is 4.79 Å². The van der Waals surface area contributed by atoms with Crippen LogP contribution in [0, 0.1) is 5.92 Å². The van der Waals surface area contributed by atoms with Crippen molar-refractivity contribution < 1.29 is 19.1 Å². The Balaban J connectivity index is 1.90. The third-order valence-corrected chi connectivity index (χ3v) is 5.19. The van der Waals surface area contributed by atoms with E-state index in [1.165, 1.54) is 12.7 Å². The molecule has 0 spiro atoms. The lowest BCUT2D eigenvalue weighted by Gasteiger charge is -2.15. The highest BCUT2D eigenvalue weighted by atomic mass is 32.2. The Kier molecular flexibility index (Phi) is 8.58. The molecule has 0 saturated carbocycles. The van der Waals surface area contributed by atoms with E-state index in [2.05, 4.69) is 31.3 Å². The van der Waals surface area contributed by atoms with Crippen molar-refractivity contribution in [1.82, 2.24) is 5.32 Å². The number of hydrogen-bond acceptors (Lipinski definition) is 5. The average Bonchev–Trinajstić information content (AvgIpc) is 2.71. The van der Waals surface area contributed by atoms with Gasteiger partial charge in [0.25, 0.3) is 5.91 Å². The van der Waals surface area contributed by atoms with E-state index in [0.29, 0.717) is 17.2 Å². The molecule has 0 saturated heterocycles. The lowest BCUT2D eigenvalue weighted by atomic mass is 10.00. The highest BCUT2D eigenvalue weighted by molar-refractivity contribution is 7.98. The Labute approximate surface area is 177 Å². The number of benzene rings is 2. The number of thioether (sulfide) groups is 1. The van der Waals surface area contributed by atoms with Crippen molar-refractivity contribution in [3.63, 3.8) is 0 Å². The summed E-state index contributed by atoms with van der Waals surface area (Å²) < 4.78 is 10.4. The number of rotatable bonds is 9. The van der Waals surface area contributed by atoms with Crippen LogP contribution in [0.5, 0.6) is 5.75 Å². The van der Waals surface area contributed by atoms with Crippen LogP contribution in [0.2, 0.25) is 0 Å². The second kappa shape index (κ2) is 10.9. The fourth-order valence-electron chi connectivity index (χ4n) is 2.96. The maximum Gasteiger partial charge on any atom is 0.342 e. The molecule has 0 bridgehead atoms. The van der Waals surface area contributed by atoms with Gasteiger partial charge in [0.2, 0.25) is 0 Å². The lowest BCUT2D eigenvalue weighted by Crippen LogP contribution is -2.31. The molecular weight excluding hydrogens is 386 g/mol. The van der Waals surface area contributed by atoms with Gasteiger partial charge < -0.3 is 14.8 Å². The molecule has 29 heavy (non-hydrogen) atoms. The van der Waals surface area contributed by atoms with E-state index in [-0.39, 0.29) is 18.6 Å². The summed E-state index contributed by atoms with van der Waals surface area (Å²) in [4.78, 5) is 25.5. The average molecular weight is 416 g/mol. The summed E-state index contributed by atoms with van der Waals surface area (Å²) >= 11 is 1.55. The number of nitrogens with one attached hydrogen (secondary N) is 1. The molecule has 0 radical (unpaired) electrons. The molecule has 0 aliphatic rings. The SMILES string of the molecule is COc1cc(SC)ccc1C(=O)OCC(=O)N[C@@H](C)c1ccc(CC(C)C)cc1. The maximum atomic E-state index is 12.3. The number of esters is 1. The molecule has 0 aliphatic heterocycles. The highest BCUT2D eigenvalue weighted by Crippen LogP contribution is 2.26. The molecular formula is C23H29NO4S. The second-order valence-corrected chi connectivity index (χ2v) is 8.15. The van der Waals surface area contributed by atoms with Crippen molar-refractivity contribution in [2.75, 3.05) is 20.0 Å². The first-order valence-corrected chi connectivity index (χ1v) is 10.8. The molecule has 2 aromatic rings. The summed E-state index contributed by atoms with van der Waals surface area (Å²) in [5, 5.41) is 2.86. The van der Waals surface area contributed by atoms with E-state index in [9.17, 15) is 9.59 Å². The largest absolute Gasteiger partial charge is 0.496 e. The summed E-state index contributed by atoms with van der Waals surface area (Å²) in [7, 11) is 1.50. The predicted molar refractivity (Wildman–Crippen MR) is 117 cm³/mol. The minimum absolute atomic E-state index is 0.176. The van der Waals surface area contributed by atoms with E-state index in [0.717, 1.165) is 16.9 Å². The first kappa shape index (κ1) is 22.8. The molecule has 6 heteroatoms. The van der Waals surface area contributed by atoms with E-state index in [1.807, 2.05) is 31.4 Å². The molecule has 0 heterocycles. The molecule has 1 N–H and O–H groups in total. The summed E-state index contributed by atoms with van der Waals surface area (Å²) in [6.45, 7) is 5.93. The van der Waals surface area contributed by atoms with Crippen LogP contribution < -0.4 is 10.1 Å². The van der Waals surface area contributed by atoms with Gasteiger partial charge in [-0.3, -0.25) is 4.79 Å². The zero-order valence-corrected chi connectivity index (χ0v) is 18.5. The molecule has 0 aromatic heterocycles. The summed E-state index contributed by atoms with van der Waals surface area (Å²) in [5.41, 5.74) is 2.58. The van der Waals surface area contributed by atoms with E-state index < -0.39 is 5.97 Å². The molecule has 0 fully saturated rings. The Morgan fingerprint density at radius 3 is 2.34 bits per heavy atom. The third kappa shape index (κ3) is 6.82. The van der Waals surface area contributed by atoms with Crippen molar-refractivity contribution in [2.24, 2.45) is 5.92 Å². The van der Waals surface area contributed by atoms with Crippen LogP contribution in [0.3, 0.4) is 0 Å². The van der Waals surface area contributed by atoms with Crippen molar-refractivity contribution in [3.05, 3.63) is 59.2 Å². The molecule has 1 atom stereocenters. The quantitative estimate of drug-likeness (QED) is 0.477. The second-order valence-electron chi connectivity index (χ2n) is 7.27. The lowest BCUT2D eigenvalue weighted by molar-refractivity contribution is -0.124. The van der Waals surface area contributed by atoms with Crippen molar-refractivity contribution in [1.29, 1.82) is 0 Å². The predicted octanol–water partition coefficient (Wildman–Crippen LogP) is 4.65. The standard InChI is InChI=1S/C23H29NO4S/c1-15(2)12-17-6-8-18(9-7-17)16(3)24-22(25)14-28-23(26)20-11-10-19(29-5)13-21(20)27-4/h6-11,13,15-16H,12,14H2,1-5H3,(H,24,25)/t16-/m0/s1. The Bertz CT molecular complexity index is 833. The third-order valence-electron chi connectivity index (χ3n) is 4.46. The van der Waals surface area contributed by atoms with Gasteiger partial charge in [-0.1, -0.05) is 38.1 Å². The van der Waals surface area contributed by atoms with Gasteiger partial charge in [0.05, 0.1) is 13.2 Å². The molecule has 1 amide bonds. The smallest absolute Gasteiger partial charge is 0.342 e. The Hall–Kier alpha value is -2.47. The number of carbonyl (C=O) groups excluding carboxylic acids is 2. The van der Waals surface area contributed by atoms with E-state index in [1.54, 1.807) is 23.9 Å². The van der Waals surface area contributed by atoms with Gasteiger partial charge in [-0.2, -0.15) is 0 Å². The van der Waals surface area contributed by atoms with Crippen LogP contribution in [-0.2, 0) is 16.0 Å². The first-order chi connectivity index (χ1) is 13.8. The van der Waals surface area contributed by atoms with E-state index in [4.69, 9.17) is 9.47 Å². The minimum atomic E-state index is -0.588. The summed E-state index contributed by atoms with van der Waals surface area (Å²) in [6, 6.07) is 13.3. The Morgan fingerprint density at radius 2 is 1.76 bits per heavy atom. The van der Waals surface area contributed by atoms with Crippen LogP contribution in [0.4, 0.5) is 0 Å². The van der Waals surface area contributed by atoms with Gasteiger partial charge in [-0.15, -0.1) is 11.8 Å². The van der Waals surface area contributed by atoms with Gasteiger partial charge in [0, 0.05) is 4.90 Å². The summed E-state index contributed by atoms with van der Waals surface area (Å²) in [6.07, 6.45) is 2.97. The van der Waals surface area contributed by atoms with Crippen LogP contribution in [0.25, 0.3) is 0 Å². The highest BCUT2D eigenvalue weighted by Gasteiger charge is 2.17. The monoisotopic (exact) mass is 415 g/mol. The van der Waals surface area contributed by atoms with Crippen molar-refractivity contribution >= 4 is 23.6 Å². The van der Waals surface area contributed by atoms with Crippen molar-refractivity contribution in [3.8, 4) is 5.75 Å². The van der Waals surface area contributed by atoms with Crippen molar-refractivity contribution in [2.45, 2.75) is 38.1 Å². The molecule has 156 valence electrons. The van der Waals surface area contributed by atoms with Gasteiger partial charge in [0.1, 0.15) is 11.3 Å². The van der Waals surface area contributed by atoms with Crippen LogP contribution in [0.15, 0.2) is 47.4 Å². The number of amides is 1. The topological polar surface area (TPSA) is 64.6 Å². The first-order valence-electron chi connectivity index (χ1n) is 9.61. The van der Waals surface area contributed by atoms with Crippen LogP contribution in [0.1, 0.15) is 48.3 Å².